The quantitative estimate of drug-likeness (QED) is 0.629. The summed E-state index contributed by atoms with van der Waals surface area (Å²) in [7, 11) is 0. The minimum absolute atomic E-state index is 0.578. The van der Waals surface area contributed by atoms with E-state index in [1.165, 1.54) is 23.1 Å². The van der Waals surface area contributed by atoms with Crippen LogP contribution < -0.4 is 0 Å². The van der Waals surface area contributed by atoms with Gasteiger partial charge >= 0.3 is 0 Å². The molecule has 0 aromatic heterocycles. The standard InChI is InChI=1S/C16H24/c1-12(2)9-15-7-6-8-16(11-15)10-14(5)13(3)4/h6-8,11-13H,5,9-10H2,1-4H3. The Labute approximate surface area is 100 Å². The zero-order valence-corrected chi connectivity index (χ0v) is 11.1. The van der Waals surface area contributed by atoms with Gasteiger partial charge in [-0.05, 0) is 35.8 Å². The van der Waals surface area contributed by atoms with Crippen molar-refractivity contribution < 1.29 is 0 Å². The maximum atomic E-state index is 4.14. The monoisotopic (exact) mass is 216 g/mol. The molecule has 1 aromatic carbocycles. The van der Waals surface area contributed by atoms with E-state index >= 15 is 0 Å². The molecule has 0 nitrogen and oxygen atoms in total. The van der Waals surface area contributed by atoms with Crippen molar-refractivity contribution in [3.8, 4) is 0 Å². The lowest BCUT2D eigenvalue weighted by molar-refractivity contribution is 0.646. The van der Waals surface area contributed by atoms with Crippen molar-refractivity contribution in [2.75, 3.05) is 0 Å². The molecule has 0 heterocycles. The van der Waals surface area contributed by atoms with Gasteiger partial charge in [-0.3, -0.25) is 0 Å². The van der Waals surface area contributed by atoms with Gasteiger partial charge in [-0.2, -0.15) is 0 Å². The molecule has 0 aliphatic carbocycles. The van der Waals surface area contributed by atoms with E-state index in [1.807, 2.05) is 0 Å². The molecule has 0 amide bonds. The first-order valence-electron chi connectivity index (χ1n) is 6.24. The van der Waals surface area contributed by atoms with Crippen LogP contribution in [0.15, 0.2) is 36.4 Å². The van der Waals surface area contributed by atoms with Crippen molar-refractivity contribution >= 4 is 0 Å². The van der Waals surface area contributed by atoms with Crippen LogP contribution in [-0.2, 0) is 12.8 Å². The highest BCUT2D eigenvalue weighted by molar-refractivity contribution is 5.27. The Morgan fingerprint density at radius 3 is 2.31 bits per heavy atom. The second kappa shape index (κ2) is 5.89. The number of hydrogen-bond acceptors (Lipinski definition) is 0. The van der Waals surface area contributed by atoms with Gasteiger partial charge in [0, 0.05) is 0 Å². The summed E-state index contributed by atoms with van der Waals surface area (Å²) < 4.78 is 0. The average Bonchev–Trinajstić information content (AvgIpc) is 2.16. The molecule has 16 heavy (non-hydrogen) atoms. The molecule has 0 fully saturated rings. The van der Waals surface area contributed by atoms with Gasteiger partial charge in [0.15, 0.2) is 0 Å². The summed E-state index contributed by atoms with van der Waals surface area (Å²) in [5, 5.41) is 0. The summed E-state index contributed by atoms with van der Waals surface area (Å²) >= 11 is 0. The molecule has 0 radical (unpaired) electrons. The Balaban J connectivity index is 2.71. The molecule has 0 spiro atoms. The van der Waals surface area contributed by atoms with Gasteiger partial charge < -0.3 is 0 Å². The first kappa shape index (κ1) is 13.0. The van der Waals surface area contributed by atoms with E-state index in [2.05, 4.69) is 58.5 Å². The molecule has 0 atom stereocenters. The molecule has 0 saturated carbocycles. The average molecular weight is 216 g/mol. The first-order valence-corrected chi connectivity index (χ1v) is 6.24. The molecule has 0 heteroatoms. The molecule has 0 saturated heterocycles. The maximum absolute atomic E-state index is 4.14. The van der Waals surface area contributed by atoms with Crippen molar-refractivity contribution in [1.29, 1.82) is 0 Å². The third kappa shape index (κ3) is 4.22. The fraction of sp³-hybridized carbons (Fsp3) is 0.500. The zero-order chi connectivity index (χ0) is 12.1. The number of benzene rings is 1. The third-order valence-electron chi connectivity index (χ3n) is 2.88. The lowest BCUT2D eigenvalue weighted by Gasteiger charge is -2.11. The zero-order valence-electron chi connectivity index (χ0n) is 11.1. The molecule has 0 unspecified atom stereocenters. The highest BCUT2D eigenvalue weighted by atomic mass is 14.1. The lowest BCUT2D eigenvalue weighted by atomic mass is 9.95. The summed E-state index contributed by atoms with van der Waals surface area (Å²) in [5.41, 5.74) is 4.17. The van der Waals surface area contributed by atoms with Crippen LogP contribution in [0.3, 0.4) is 0 Å². The van der Waals surface area contributed by atoms with E-state index in [9.17, 15) is 0 Å². The highest BCUT2D eigenvalue weighted by Crippen LogP contribution is 2.16. The molecule has 1 rings (SSSR count). The van der Waals surface area contributed by atoms with Crippen LogP contribution in [-0.4, -0.2) is 0 Å². The predicted molar refractivity (Wildman–Crippen MR) is 72.7 cm³/mol. The molecule has 0 N–H and O–H groups in total. The van der Waals surface area contributed by atoms with Crippen LogP contribution in [0.1, 0.15) is 38.8 Å². The molecule has 1 aromatic rings. The Morgan fingerprint density at radius 2 is 1.75 bits per heavy atom. The first-order chi connectivity index (χ1) is 7.49. The molecular formula is C16H24. The largest absolute Gasteiger partial charge is 0.0993 e. The van der Waals surface area contributed by atoms with E-state index in [0.717, 1.165) is 12.3 Å². The highest BCUT2D eigenvalue weighted by Gasteiger charge is 2.03. The van der Waals surface area contributed by atoms with Crippen LogP contribution in [0.5, 0.6) is 0 Å². The molecule has 0 aliphatic rings. The van der Waals surface area contributed by atoms with Crippen LogP contribution in [0.25, 0.3) is 0 Å². The van der Waals surface area contributed by atoms with E-state index < -0.39 is 0 Å². The minimum Gasteiger partial charge on any atom is -0.0993 e. The Hall–Kier alpha value is -1.04. The van der Waals surface area contributed by atoms with Crippen LogP contribution >= 0.6 is 0 Å². The van der Waals surface area contributed by atoms with E-state index in [1.54, 1.807) is 0 Å². The van der Waals surface area contributed by atoms with Gasteiger partial charge in [-0.1, -0.05) is 64.1 Å². The van der Waals surface area contributed by atoms with Gasteiger partial charge in [-0.15, -0.1) is 0 Å². The summed E-state index contributed by atoms with van der Waals surface area (Å²) in [4.78, 5) is 0. The summed E-state index contributed by atoms with van der Waals surface area (Å²) in [6.45, 7) is 13.1. The van der Waals surface area contributed by atoms with Gasteiger partial charge in [0.1, 0.15) is 0 Å². The fourth-order valence-corrected chi connectivity index (χ4v) is 1.80. The molecule has 88 valence electrons. The van der Waals surface area contributed by atoms with Crippen LogP contribution in [0, 0.1) is 11.8 Å². The molecular weight excluding hydrogens is 192 g/mol. The number of hydrogen-bond donors (Lipinski definition) is 0. The smallest absolute Gasteiger partial charge is 0.00671 e. The van der Waals surface area contributed by atoms with Crippen molar-refractivity contribution in [2.24, 2.45) is 11.8 Å². The van der Waals surface area contributed by atoms with E-state index in [0.29, 0.717) is 5.92 Å². The Bertz CT molecular complexity index is 345. The van der Waals surface area contributed by atoms with Gasteiger partial charge in [0.25, 0.3) is 0 Å². The normalized spacial score (nSPS) is 11.1. The van der Waals surface area contributed by atoms with Crippen LogP contribution in [0.2, 0.25) is 0 Å². The predicted octanol–water partition coefficient (Wildman–Crippen LogP) is 4.64. The molecule has 0 bridgehead atoms. The number of allylic oxidation sites excluding steroid dienone is 1. The lowest BCUT2D eigenvalue weighted by Crippen LogP contribution is -1.99. The van der Waals surface area contributed by atoms with E-state index in [-0.39, 0.29) is 0 Å². The topological polar surface area (TPSA) is 0 Å². The van der Waals surface area contributed by atoms with Crippen LogP contribution in [0.4, 0.5) is 0 Å². The summed E-state index contributed by atoms with van der Waals surface area (Å²) in [5.74, 6) is 1.30. The van der Waals surface area contributed by atoms with Gasteiger partial charge in [0.05, 0.1) is 0 Å². The SMILES string of the molecule is C=C(Cc1cccc(CC(C)C)c1)C(C)C. The summed E-state index contributed by atoms with van der Waals surface area (Å²) in [6, 6.07) is 8.92. The second-order valence-electron chi connectivity index (χ2n) is 5.41. The van der Waals surface area contributed by atoms with Crippen molar-refractivity contribution in [1.82, 2.24) is 0 Å². The second-order valence-corrected chi connectivity index (χ2v) is 5.41. The van der Waals surface area contributed by atoms with Gasteiger partial charge in [-0.25, -0.2) is 0 Å². The molecule has 0 aliphatic heterocycles. The minimum atomic E-state index is 0.578. The summed E-state index contributed by atoms with van der Waals surface area (Å²) in [6.07, 6.45) is 2.19. The van der Waals surface area contributed by atoms with Crippen molar-refractivity contribution in [2.45, 2.75) is 40.5 Å². The Morgan fingerprint density at radius 1 is 1.12 bits per heavy atom. The number of rotatable bonds is 5. The maximum Gasteiger partial charge on any atom is -0.00671 e. The Kier molecular flexibility index (Phi) is 4.79. The van der Waals surface area contributed by atoms with E-state index in [4.69, 9.17) is 0 Å². The fourth-order valence-electron chi connectivity index (χ4n) is 1.80. The van der Waals surface area contributed by atoms with Crippen molar-refractivity contribution in [3.05, 3.63) is 47.5 Å². The van der Waals surface area contributed by atoms with Crippen molar-refractivity contribution in [3.63, 3.8) is 0 Å². The third-order valence-corrected chi connectivity index (χ3v) is 2.88. The van der Waals surface area contributed by atoms with Gasteiger partial charge in [0.2, 0.25) is 0 Å².